The number of pyridine rings is 1. The van der Waals surface area contributed by atoms with Gasteiger partial charge in [0.25, 0.3) is 5.69 Å². The molecule has 0 fully saturated rings. The van der Waals surface area contributed by atoms with Crippen molar-refractivity contribution in [1.82, 2.24) is 4.98 Å². The summed E-state index contributed by atoms with van der Waals surface area (Å²) >= 11 is 0. The van der Waals surface area contributed by atoms with Crippen LogP contribution in [0.4, 0.5) is 17.1 Å². The molecular weight excluding hydrogens is 356 g/mol. The second-order valence-electron chi connectivity index (χ2n) is 6.66. The predicted molar refractivity (Wildman–Crippen MR) is 101 cm³/mol. The molecule has 2 rings (SSSR count). The Labute approximate surface area is 152 Å². The van der Waals surface area contributed by atoms with Crippen LogP contribution in [-0.4, -0.2) is 36.2 Å². The number of hydrogen-bond acceptors (Lipinski definition) is 7. The number of aromatic nitrogens is 1. The molecule has 0 aliphatic carbocycles. The molecule has 0 unspecified atom stereocenters. The van der Waals surface area contributed by atoms with E-state index in [4.69, 9.17) is 0 Å². The van der Waals surface area contributed by atoms with Gasteiger partial charge in [-0.1, -0.05) is 0 Å². The molecule has 0 radical (unpaired) electrons. The monoisotopic (exact) mass is 378 g/mol. The third-order valence-electron chi connectivity index (χ3n) is 3.68. The van der Waals surface area contributed by atoms with Gasteiger partial charge in [-0.25, -0.2) is 13.4 Å². The molecule has 1 heterocycles. The Hall–Kier alpha value is -2.68. The number of anilines is 2. The molecule has 1 aromatic heterocycles. The van der Waals surface area contributed by atoms with Gasteiger partial charge in [0.1, 0.15) is 0 Å². The van der Waals surface area contributed by atoms with Crippen LogP contribution < -0.4 is 10.6 Å². The van der Waals surface area contributed by atoms with Gasteiger partial charge >= 0.3 is 0 Å². The molecule has 0 spiro atoms. The summed E-state index contributed by atoms with van der Waals surface area (Å²) in [6, 6.07) is 9.34. The van der Waals surface area contributed by atoms with E-state index in [1.807, 2.05) is 0 Å². The van der Waals surface area contributed by atoms with E-state index >= 15 is 0 Å². The largest absolute Gasteiger partial charge is 0.383 e. The maximum atomic E-state index is 12.3. The molecule has 1 aromatic carbocycles. The van der Waals surface area contributed by atoms with Crippen LogP contribution >= 0.6 is 0 Å². The third kappa shape index (κ3) is 4.69. The van der Waals surface area contributed by atoms with Crippen LogP contribution in [0.1, 0.15) is 20.8 Å². The normalized spacial score (nSPS) is 11.8. The molecule has 0 atom stereocenters. The number of non-ortho nitro benzene ring substituents is 1. The molecular formula is C17H22N4O4S. The van der Waals surface area contributed by atoms with Gasteiger partial charge in [0.05, 0.1) is 21.6 Å². The third-order valence-corrected chi connectivity index (χ3v) is 6.08. The van der Waals surface area contributed by atoms with Crippen molar-refractivity contribution >= 4 is 26.9 Å². The van der Waals surface area contributed by atoms with Gasteiger partial charge in [0.2, 0.25) is 0 Å². The van der Waals surface area contributed by atoms with Crippen LogP contribution in [0.2, 0.25) is 0 Å². The topological polar surface area (TPSA) is 114 Å². The Balaban J connectivity index is 1.86. The maximum absolute atomic E-state index is 12.3. The van der Waals surface area contributed by atoms with Gasteiger partial charge in [-0.05, 0) is 45.0 Å². The number of nitro groups is 1. The lowest BCUT2D eigenvalue weighted by Gasteiger charge is -2.18. The second-order valence-corrected chi connectivity index (χ2v) is 9.31. The Kier molecular flexibility index (Phi) is 5.81. The van der Waals surface area contributed by atoms with Crippen molar-refractivity contribution in [2.45, 2.75) is 30.5 Å². The summed E-state index contributed by atoms with van der Waals surface area (Å²) in [5.74, 6) is 0. The molecule has 140 valence electrons. The fraction of sp³-hybridized carbons (Fsp3) is 0.353. The summed E-state index contributed by atoms with van der Waals surface area (Å²) in [5.41, 5.74) is 1.54. The van der Waals surface area contributed by atoms with E-state index in [0.29, 0.717) is 18.8 Å². The molecule has 0 saturated heterocycles. The first kappa shape index (κ1) is 19.6. The quantitative estimate of drug-likeness (QED) is 0.432. The highest BCUT2D eigenvalue weighted by atomic mass is 32.2. The molecule has 0 bridgehead atoms. The summed E-state index contributed by atoms with van der Waals surface area (Å²) in [5, 5.41) is 16.9. The van der Waals surface area contributed by atoms with Crippen LogP contribution in [0.3, 0.4) is 0 Å². The average Bonchev–Trinajstić information content (AvgIpc) is 2.58. The van der Waals surface area contributed by atoms with E-state index < -0.39 is 19.5 Å². The maximum Gasteiger partial charge on any atom is 0.269 e. The molecule has 0 amide bonds. The van der Waals surface area contributed by atoms with Crippen molar-refractivity contribution in [3.8, 4) is 0 Å². The standard InChI is InChI=1S/C17H22N4O4S/c1-17(2,3)26(24,25)16-9-6-14(12-20-16)19-11-10-18-13-4-7-15(8-5-13)21(22)23/h4-9,12,18-19H,10-11H2,1-3H3. The average molecular weight is 378 g/mol. The lowest BCUT2D eigenvalue weighted by atomic mass is 10.3. The number of hydrogen-bond donors (Lipinski definition) is 2. The van der Waals surface area contributed by atoms with E-state index in [1.165, 1.54) is 24.4 Å². The van der Waals surface area contributed by atoms with Gasteiger partial charge in [-0.2, -0.15) is 0 Å². The van der Waals surface area contributed by atoms with Crippen molar-refractivity contribution in [1.29, 1.82) is 0 Å². The van der Waals surface area contributed by atoms with E-state index in [2.05, 4.69) is 15.6 Å². The number of rotatable bonds is 7. The highest BCUT2D eigenvalue weighted by Crippen LogP contribution is 2.23. The first-order chi connectivity index (χ1) is 12.1. The zero-order valence-corrected chi connectivity index (χ0v) is 15.7. The minimum atomic E-state index is -3.46. The molecule has 2 aromatic rings. The number of nitrogens with one attached hydrogen (secondary N) is 2. The van der Waals surface area contributed by atoms with E-state index in [1.54, 1.807) is 39.0 Å². The number of nitro benzene ring substituents is 1. The zero-order chi connectivity index (χ0) is 19.4. The SMILES string of the molecule is CC(C)(C)S(=O)(=O)c1ccc(NCCNc2ccc([N+](=O)[O-])cc2)cn1. The molecule has 0 aliphatic rings. The van der Waals surface area contributed by atoms with Gasteiger partial charge in [-0.3, -0.25) is 10.1 Å². The van der Waals surface area contributed by atoms with Crippen LogP contribution in [0.15, 0.2) is 47.6 Å². The summed E-state index contributed by atoms with van der Waals surface area (Å²) in [7, 11) is -3.46. The van der Waals surface area contributed by atoms with Crippen LogP contribution in [0, 0.1) is 10.1 Å². The summed E-state index contributed by atoms with van der Waals surface area (Å²) < 4.78 is 23.7. The van der Waals surface area contributed by atoms with Gasteiger partial charge in [0, 0.05) is 30.9 Å². The Morgan fingerprint density at radius 1 is 1.00 bits per heavy atom. The summed E-state index contributed by atoms with van der Waals surface area (Å²) in [6.07, 6.45) is 1.49. The molecule has 0 aliphatic heterocycles. The zero-order valence-electron chi connectivity index (χ0n) is 14.9. The van der Waals surface area contributed by atoms with Gasteiger partial charge in [0.15, 0.2) is 14.9 Å². The predicted octanol–water partition coefficient (Wildman–Crippen LogP) is 3.09. The van der Waals surface area contributed by atoms with Crippen molar-refractivity contribution in [3.05, 3.63) is 52.7 Å². The van der Waals surface area contributed by atoms with E-state index in [0.717, 1.165) is 5.69 Å². The van der Waals surface area contributed by atoms with Gasteiger partial charge < -0.3 is 10.6 Å². The molecule has 9 heteroatoms. The lowest BCUT2D eigenvalue weighted by molar-refractivity contribution is -0.384. The second kappa shape index (κ2) is 7.69. The number of benzene rings is 1. The first-order valence-corrected chi connectivity index (χ1v) is 9.52. The summed E-state index contributed by atoms with van der Waals surface area (Å²) in [4.78, 5) is 14.2. The Bertz CT molecular complexity index is 857. The first-order valence-electron chi connectivity index (χ1n) is 8.04. The van der Waals surface area contributed by atoms with Crippen LogP contribution in [-0.2, 0) is 9.84 Å². The van der Waals surface area contributed by atoms with E-state index in [9.17, 15) is 18.5 Å². The number of nitrogens with zero attached hydrogens (tertiary/aromatic N) is 2. The minimum Gasteiger partial charge on any atom is -0.383 e. The minimum absolute atomic E-state index is 0.0463. The highest BCUT2D eigenvalue weighted by molar-refractivity contribution is 7.92. The van der Waals surface area contributed by atoms with Crippen molar-refractivity contribution < 1.29 is 13.3 Å². The van der Waals surface area contributed by atoms with E-state index in [-0.39, 0.29) is 10.7 Å². The molecule has 8 nitrogen and oxygen atoms in total. The molecule has 0 saturated carbocycles. The highest BCUT2D eigenvalue weighted by Gasteiger charge is 2.31. The summed E-state index contributed by atoms with van der Waals surface area (Å²) in [6.45, 7) is 6.07. The Morgan fingerprint density at radius 3 is 2.00 bits per heavy atom. The molecule has 2 N–H and O–H groups in total. The molecule has 26 heavy (non-hydrogen) atoms. The smallest absolute Gasteiger partial charge is 0.269 e. The van der Waals surface area contributed by atoms with Crippen molar-refractivity contribution in [3.63, 3.8) is 0 Å². The van der Waals surface area contributed by atoms with Crippen molar-refractivity contribution in [2.24, 2.45) is 0 Å². The lowest BCUT2D eigenvalue weighted by Crippen LogP contribution is -2.28. The van der Waals surface area contributed by atoms with Crippen LogP contribution in [0.25, 0.3) is 0 Å². The van der Waals surface area contributed by atoms with Gasteiger partial charge in [-0.15, -0.1) is 0 Å². The fourth-order valence-electron chi connectivity index (χ4n) is 2.07. The fourth-order valence-corrected chi connectivity index (χ4v) is 3.14. The van der Waals surface area contributed by atoms with Crippen molar-refractivity contribution in [2.75, 3.05) is 23.7 Å². The Morgan fingerprint density at radius 2 is 1.54 bits per heavy atom. The number of sulfone groups is 1. The van der Waals surface area contributed by atoms with Crippen LogP contribution in [0.5, 0.6) is 0 Å².